The number of benzene rings is 1. The van der Waals surface area contributed by atoms with E-state index in [1.165, 1.54) is 23.3 Å². The van der Waals surface area contributed by atoms with E-state index in [4.69, 9.17) is 11.6 Å². The lowest BCUT2D eigenvalue weighted by Crippen LogP contribution is -2.44. The van der Waals surface area contributed by atoms with Crippen LogP contribution in [-0.4, -0.2) is 56.5 Å². The van der Waals surface area contributed by atoms with Gasteiger partial charge in [-0.2, -0.15) is 0 Å². The summed E-state index contributed by atoms with van der Waals surface area (Å²) in [4.78, 5) is 31.3. The first-order chi connectivity index (χ1) is 14.5. The molecule has 160 valence electrons. The summed E-state index contributed by atoms with van der Waals surface area (Å²) in [7, 11) is 2.11. The van der Waals surface area contributed by atoms with E-state index in [-0.39, 0.29) is 18.4 Å². The summed E-state index contributed by atoms with van der Waals surface area (Å²) >= 11 is 8.01. The number of nitrogens with one attached hydrogen (secondary N) is 2. The van der Waals surface area contributed by atoms with E-state index in [1.54, 1.807) is 17.4 Å². The molecular weight excluding hydrogens is 420 g/mol. The second-order valence-corrected chi connectivity index (χ2v) is 9.50. The Labute approximate surface area is 186 Å². The third kappa shape index (κ3) is 4.96. The summed E-state index contributed by atoms with van der Waals surface area (Å²) in [6, 6.07) is 7.54. The quantitative estimate of drug-likeness (QED) is 0.738. The monoisotopic (exact) mass is 446 g/mol. The molecule has 2 amide bonds. The number of fused-ring (bicyclic) bond motifs is 1. The largest absolute Gasteiger partial charge is 0.368 e. The maximum absolute atomic E-state index is 12.4. The van der Waals surface area contributed by atoms with E-state index >= 15 is 0 Å². The average molecular weight is 447 g/mol. The standard InChI is InChI=1S/C22H27ClN4O2S/c1-26-8-10-27(11-9-26)18-7-6-16(13-17(18)23)25-21(28)14-24-22(29)20-12-15-4-2-3-5-19(15)30-20/h6-7,12-13H,2-5,8-11,14H2,1H3,(H,24,29)(H,25,28). The van der Waals surface area contributed by atoms with E-state index in [0.29, 0.717) is 15.6 Å². The van der Waals surface area contributed by atoms with Crippen LogP contribution >= 0.6 is 22.9 Å². The number of hydrogen-bond acceptors (Lipinski definition) is 5. The highest BCUT2D eigenvalue weighted by molar-refractivity contribution is 7.14. The van der Waals surface area contributed by atoms with Gasteiger partial charge in [-0.25, -0.2) is 0 Å². The molecule has 1 aromatic carbocycles. The zero-order valence-electron chi connectivity index (χ0n) is 17.2. The van der Waals surface area contributed by atoms with Crippen LogP contribution in [0.1, 0.15) is 33.0 Å². The van der Waals surface area contributed by atoms with Crippen LogP contribution in [0.25, 0.3) is 0 Å². The molecule has 1 aromatic heterocycles. The maximum Gasteiger partial charge on any atom is 0.261 e. The summed E-state index contributed by atoms with van der Waals surface area (Å²) in [5.41, 5.74) is 2.90. The van der Waals surface area contributed by atoms with Gasteiger partial charge < -0.3 is 20.4 Å². The molecule has 6 nitrogen and oxygen atoms in total. The maximum atomic E-state index is 12.4. The van der Waals surface area contributed by atoms with Gasteiger partial charge in [0.15, 0.2) is 0 Å². The molecule has 4 rings (SSSR count). The molecule has 0 bridgehead atoms. The fraction of sp³-hybridized carbons (Fsp3) is 0.455. The minimum Gasteiger partial charge on any atom is -0.368 e. The lowest BCUT2D eigenvalue weighted by molar-refractivity contribution is -0.115. The number of hydrogen-bond donors (Lipinski definition) is 2. The molecule has 0 saturated carbocycles. The van der Waals surface area contributed by atoms with Crippen molar-refractivity contribution in [1.29, 1.82) is 0 Å². The Hall–Kier alpha value is -2.09. The number of piperazine rings is 1. The number of carbonyl (C=O) groups is 2. The summed E-state index contributed by atoms with van der Waals surface area (Å²) in [5, 5.41) is 6.15. The van der Waals surface area contributed by atoms with Crippen LogP contribution in [0, 0.1) is 0 Å². The van der Waals surface area contributed by atoms with Crippen molar-refractivity contribution in [2.45, 2.75) is 25.7 Å². The third-order valence-corrected chi connectivity index (χ3v) is 7.24. The molecule has 2 N–H and O–H groups in total. The molecule has 1 saturated heterocycles. The molecule has 0 radical (unpaired) electrons. The van der Waals surface area contributed by atoms with E-state index in [0.717, 1.165) is 44.7 Å². The number of likely N-dealkylation sites (N-methyl/N-ethyl adjacent to an activating group) is 1. The molecule has 0 unspecified atom stereocenters. The van der Waals surface area contributed by atoms with Crippen LogP contribution in [0.3, 0.4) is 0 Å². The first-order valence-electron chi connectivity index (χ1n) is 10.4. The number of rotatable bonds is 5. The highest BCUT2D eigenvalue weighted by atomic mass is 35.5. The SMILES string of the molecule is CN1CCN(c2ccc(NC(=O)CNC(=O)c3cc4c(s3)CCCC4)cc2Cl)CC1. The number of nitrogens with zero attached hydrogens (tertiary/aromatic N) is 2. The zero-order chi connectivity index (χ0) is 21.1. The molecule has 0 spiro atoms. The Balaban J connectivity index is 1.30. The Kier molecular flexibility index (Phi) is 6.61. The van der Waals surface area contributed by atoms with Crippen LogP contribution in [0.15, 0.2) is 24.3 Å². The summed E-state index contributed by atoms with van der Waals surface area (Å²) < 4.78 is 0. The van der Waals surface area contributed by atoms with Crippen molar-refractivity contribution in [1.82, 2.24) is 10.2 Å². The summed E-state index contributed by atoms with van der Waals surface area (Å²) in [5.74, 6) is -0.457. The van der Waals surface area contributed by atoms with E-state index in [9.17, 15) is 9.59 Å². The number of aryl methyl sites for hydroxylation is 2. The normalized spacial score (nSPS) is 16.8. The fourth-order valence-corrected chi connectivity index (χ4v) is 5.41. The lowest BCUT2D eigenvalue weighted by Gasteiger charge is -2.34. The van der Waals surface area contributed by atoms with Gasteiger partial charge in [0.05, 0.1) is 22.1 Å². The van der Waals surface area contributed by atoms with Crippen molar-refractivity contribution in [3.63, 3.8) is 0 Å². The van der Waals surface area contributed by atoms with Gasteiger partial charge in [0.25, 0.3) is 5.91 Å². The number of halogens is 1. The fourth-order valence-electron chi connectivity index (χ4n) is 3.94. The lowest BCUT2D eigenvalue weighted by atomic mass is 9.99. The molecule has 1 aliphatic heterocycles. The molecule has 2 aromatic rings. The first-order valence-corrected chi connectivity index (χ1v) is 11.6. The molecule has 1 aliphatic carbocycles. The third-order valence-electron chi connectivity index (χ3n) is 5.71. The van der Waals surface area contributed by atoms with Crippen LogP contribution < -0.4 is 15.5 Å². The molecule has 1 fully saturated rings. The molecule has 0 atom stereocenters. The van der Waals surface area contributed by atoms with E-state index in [2.05, 4.69) is 27.5 Å². The van der Waals surface area contributed by atoms with Crippen molar-refractivity contribution in [3.8, 4) is 0 Å². The number of thiophene rings is 1. The summed E-state index contributed by atoms with van der Waals surface area (Å²) in [6.45, 7) is 3.79. The minimum absolute atomic E-state index is 0.0702. The Morgan fingerprint density at radius 3 is 2.60 bits per heavy atom. The zero-order valence-corrected chi connectivity index (χ0v) is 18.7. The second-order valence-electron chi connectivity index (χ2n) is 7.95. The van der Waals surface area contributed by atoms with Gasteiger partial charge in [0.1, 0.15) is 0 Å². The summed E-state index contributed by atoms with van der Waals surface area (Å²) in [6.07, 6.45) is 4.47. The van der Waals surface area contributed by atoms with Crippen molar-refractivity contribution < 1.29 is 9.59 Å². The average Bonchev–Trinajstić information content (AvgIpc) is 3.17. The Morgan fingerprint density at radius 1 is 1.10 bits per heavy atom. The van der Waals surface area contributed by atoms with Gasteiger partial charge in [0.2, 0.25) is 5.91 Å². The highest BCUT2D eigenvalue weighted by Crippen LogP contribution is 2.30. The Morgan fingerprint density at radius 2 is 1.87 bits per heavy atom. The van der Waals surface area contributed by atoms with Crippen molar-refractivity contribution in [3.05, 3.63) is 44.6 Å². The number of carbonyl (C=O) groups excluding carboxylic acids is 2. The van der Waals surface area contributed by atoms with Crippen molar-refractivity contribution in [2.75, 3.05) is 50.0 Å². The van der Waals surface area contributed by atoms with Crippen LogP contribution in [0.4, 0.5) is 11.4 Å². The van der Waals surface area contributed by atoms with Crippen molar-refractivity contribution in [2.24, 2.45) is 0 Å². The second kappa shape index (κ2) is 9.37. The molecule has 2 heterocycles. The van der Waals surface area contributed by atoms with Crippen LogP contribution in [0.2, 0.25) is 5.02 Å². The van der Waals surface area contributed by atoms with Crippen molar-refractivity contribution >= 4 is 46.1 Å². The molecule has 2 aliphatic rings. The van der Waals surface area contributed by atoms with Crippen LogP contribution in [0.5, 0.6) is 0 Å². The van der Waals surface area contributed by atoms with Gasteiger partial charge in [0, 0.05) is 36.7 Å². The predicted octanol–water partition coefficient (Wildman–Crippen LogP) is 3.40. The van der Waals surface area contributed by atoms with Gasteiger partial charge in [-0.3, -0.25) is 9.59 Å². The predicted molar refractivity (Wildman–Crippen MR) is 123 cm³/mol. The van der Waals surface area contributed by atoms with Gasteiger partial charge in [-0.15, -0.1) is 11.3 Å². The first kappa shape index (κ1) is 21.2. The van der Waals surface area contributed by atoms with E-state index < -0.39 is 0 Å². The van der Waals surface area contributed by atoms with Gasteiger partial charge >= 0.3 is 0 Å². The highest BCUT2D eigenvalue weighted by Gasteiger charge is 2.19. The van der Waals surface area contributed by atoms with Crippen LogP contribution in [-0.2, 0) is 17.6 Å². The topological polar surface area (TPSA) is 64.7 Å². The smallest absolute Gasteiger partial charge is 0.261 e. The molecular formula is C22H27ClN4O2S. The number of anilines is 2. The molecule has 8 heteroatoms. The van der Waals surface area contributed by atoms with E-state index in [1.807, 2.05) is 18.2 Å². The Bertz CT molecular complexity index is 914. The van der Waals surface area contributed by atoms with Gasteiger partial charge in [-0.05, 0) is 62.6 Å². The van der Waals surface area contributed by atoms with Gasteiger partial charge in [-0.1, -0.05) is 11.6 Å². The number of amides is 2. The minimum atomic E-state index is -0.270. The molecule has 30 heavy (non-hydrogen) atoms.